The first-order valence-corrected chi connectivity index (χ1v) is 9.63. The molecule has 2 aliphatic carbocycles. The van der Waals surface area contributed by atoms with Gasteiger partial charge in [-0.3, -0.25) is 12.2 Å². The summed E-state index contributed by atoms with van der Waals surface area (Å²) < 4.78 is 0. The van der Waals surface area contributed by atoms with E-state index in [-0.39, 0.29) is 37.7 Å². The molecule has 0 bridgehead atoms. The van der Waals surface area contributed by atoms with E-state index in [1.807, 2.05) is 24.3 Å². The Bertz CT molecular complexity index is 770. The number of phenols is 2. The maximum absolute atomic E-state index is 8.88. The SMILES string of the molecule is Oc1cc(Cl)ccc1Cl.Oc1cc(Cl)ccc1Cl.[C-]1=CC=CC1.[C-]1=CC=CC1.[Zr+2]. The van der Waals surface area contributed by atoms with Gasteiger partial charge in [0.15, 0.2) is 0 Å². The summed E-state index contributed by atoms with van der Waals surface area (Å²) >= 11 is 21.9. The maximum Gasteiger partial charge on any atom is 2.00 e. The van der Waals surface area contributed by atoms with E-state index < -0.39 is 0 Å². The number of hydrogen-bond donors (Lipinski definition) is 2. The summed E-state index contributed by atoms with van der Waals surface area (Å²) in [5.74, 6) is 0.0355. The molecule has 0 unspecified atom stereocenters. The van der Waals surface area contributed by atoms with E-state index in [1.54, 1.807) is 24.3 Å². The molecule has 0 aromatic heterocycles. The number of allylic oxidation sites excluding steroid dienone is 8. The third-order valence-electron chi connectivity index (χ3n) is 2.99. The van der Waals surface area contributed by atoms with Crippen molar-refractivity contribution in [3.8, 4) is 11.5 Å². The fourth-order valence-corrected chi connectivity index (χ4v) is 2.22. The second kappa shape index (κ2) is 16.8. The molecule has 0 radical (unpaired) electrons. The quantitative estimate of drug-likeness (QED) is 0.328. The Morgan fingerprint density at radius 1 is 0.655 bits per heavy atom. The van der Waals surface area contributed by atoms with Gasteiger partial charge in [-0.25, -0.2) is 24.3 Å². The standard InChI is InChI=1S/2C6H4Cl2O.2C5H5.Zr/c2*7-4-1-2-5(8)6(9)3-4;2*1-2-4-5-3-1;/h2*1-3,9H;2*1-3H,4H2;/q;;2*-1;+2. The molecule has 2 nitrogen and oxygen atoms in total. The van der Waals surface area contributed by atoms with Crippen LogP contribution in [0.25, 0.3) is 0 Å². The minimum Gasteiger partial charge on any atom is -0.506 e. The fourth-order valence-electron chi connectivity index (χ4n) is 1.65. The van der Waals surface area contributed by atoms with E-state index in [2.05, 4.69) is 24.3 Å². The predicted molar refractivity (Wildman–Crippen MR) is 119 cm³/mol. The molecule has 0 saturated heterocycles. The van der Waals surface area contributed by atoms with Crippen molar-refractivity contribution >= 4 is 46.4 Å². The molecule has 0 saturated carbocycles. The summed E-state index contributed by atoms with van der Waals surface area (Å²) in [6, 6.07) is 9.10. The number of aromatic hydroxyl groups is 2. The van der Waals surface area contributed by atoms with Crippen LogP contribution >= 0.6 is 46.4 Å². The number of phenolic OH excluding ortho intramolecular Hbond substituents is 2. The van der Waals surface area contributed by atoms with Crippen LogP contribution in [0.1, 0.15) is 12.8 Å². The van der Waals surface area contributed by atoms with E-state index in [0.29, 0.717) is 20.1 Å². The average Bonchev–Trinajstić information content (AvgIpc) is 3.41. The average molecular weight is 547 g/mol. The van der Waals surface area contributed by atoms with Gasteiger partial charge in [-0.2, -0.15) is 12.2 Å². The van der Waals surface area contributed by atoms with Gasteiger partial charge in [-0.15, -0.1) is 12.8 Å². The summed E-state index contributed by atoms with van der Waals surface area (Å²) in [7, 11) is 0. The normalized spacial score (nSPS) is 12.0. The molecule has 0 spiro atoms. The van der Waals surface area contributed by atoms with Gasteiger partial charge < -0.3 is 10.2 Å². The van der Waals surface area contributed by atoms with Crippen molar-refractivity contribution in [1.29, 1.82) is 0 Å². The van der Waals surface area contributed by atoms with E-state index in [0.717, 1.165) is 12.8 Å². The van der Waals surface area contributed by atoms with Crippen molar-refractivity contribution in [2.45, 2.75) is 12.8 Å². The van der Waals surface area contributed by atoms with Crippen LogP contribution in [0.2, 0.25) is 20.1 Å². The van der Waals surface area contributed by atoms with Crippen molar-refractivity contribution in [1.82, 2.24) is 0 Å². The zero-order valence-electron chi connectivity index (χ0n) is 15.2. The van der Waals surface area contributed by atoms with Crippen molar-refractivity contribution in [3.63, 3.8) is 0 Å². The second-order valence-corrected chi connectivity index (χ2v) is 6.88. The van der Waals surface area contributed by atoms with Crippen LogP contribution in [-0.4, -0.2) is 10.2 Å². The third-order valence-corrected chi connectivity index (χ3v) is 4.10. The zero-order valence-corrected chi connectivity index (χ0v) is 20.7. The number of hydrogen-bond acceptors (Lipinski definition) is 2. The first-order valence-electron chi connectivity index (χ1n) is 8.11. The molecule has 2 aromatic rings. The van der Waals surface area contributed by atoms with E-state index >= 15 is 0 Å². The largest absolute Gasteiger partial charge is 2.00 e. The second-order valence-electron chi connectivity index (χ2n) is 5.20. The van der Waals surface area contributed by atoms with Crippen LogP contribution in [0.15, 0.2) is 72.9 Å². The van der Waals surface area contributed by atoms with Crippen LogP contribution in [0.4, 0.5) is 0 Å². The summed E-state index contributed by atoms with van der Waals surface area (Å²) in [6.07, 6.45) is 20.0. The molecule has 0 atom stereocenters. The van der Waals surface area contributed by atoms with Crippen LogP contribution in [-0.2, 0) is 26.2 Å². The Labute approximate surface area is 210 Å². The van der Waals surface area contributed by atoms with Gasteiger partial charge in [-0.1, -0.05) is 46.4 Å². The van der Waals surface area contributed by atoms with E-state index in [1.165, 1.54) is 12.1 Å². The maximum atomic E-state index is 8.88. The predicted octanol–water partition coefficient (Wildman–Crippen LogP) is 8.01. The van der Waals surface area contributed by atoms with Crippen molar-refractivity contribution < 1.29 is 36.4 Å². The van der Waals surface area contributed by atoms with Crippen LogP contribution in [0, 0.1) is 12.2 Å². The fraction of sp³-hybridized carbons (Fsp3) is 0.0909. The zero-order chi connectivity index (χ0) is 20.8. The number of benzene rings is 2. The Kier molecular flexibility index (Phi) is 16.2. The molecule has 7 heteroatoms. The van der Waals surface area contributed by atoms with Crippen LogP contribution in [0.3, 0.4) is 0 Å². The summed E-state index contributed by atoms with van der Waals surface area (Å²) in [4.78, 5) is 0. The van der Waals surface area contributed by atoms with Gasteiger partial charge in [0.25, 0.3) is 0 Å². The summed E-state index contributed by atoms with van der Waals surface area (Å²) in [6.45, 7) is 0. The smallest absolute Gasteiger partial charge is 0.506 e. The Morgan fingerprint density at radius 3 is 1.21 bits per heavy atom. The van der Waals surface area contributed by atoms with Gasteiger partial charge in [0, 0.05) is 22.2 Å². The molecule has 0 fully saturated rings. The molecule has 0 heterocycles. The number of halogens is 4. The van der Waals surface area contributed by atoms with Crippen LogP contribution < -0.4 is 0 Å². The summed E-state index contributed by atoms with van der Waals surface area (Å²) in [5.41, 5.74) is 0. The summed E-state index contributed by atoms with van der Waals surface area (Å²) in [5, 5.41) is 19.4. The molecule has 2 aromatic carbocycles. The van der Waals surface area contributed by atoms with E-state index in [4.69, 9.17) is 56.6 Å². The van der Waals surface area contributed by atoms with Gasteiger partial charge in [0.2, 0.25) is 0 Å². The Hall–Kier alpha value is -0.957. The van der Waals surface area contributed by atoms with Crippen molar-refractivity contribution in [3.05, 3.63) is 105 Å². The van der Waals surface area contributed by atoms with E-state index in [9.17, 15) is 0 Å². The van der Waals surface area contributed by atoms with Gasteiger partial charge in [0.1, 0.15) is 11.5 Å². The first-order chi connectivity index (χ1) is 13.4. The first kappa shape index (κ1) is 28.0. The monoisotopic (exact) mass is 544 g/mol. The van der Waals surface area contributed by atoms with Crippen molar-refractivity contribution in [2.75, 3.05) is 0 Å². The van der Waals surface area contributed by atoms with Crippen molar-refractivity contribution in [2.24, 2.45) is 0 Å². The van der Waals surface area contributed by atoms with Crippen LogP contribution in [0.5, 0.6) is 11.5 Å². The molecule has 2 N–H and O–H groups in total. The molecule has 0 amide bonds. The third kappa shape index (κ3) is 13.8. The number of rotatable bonds is 0. The molecular weight excluding hydrogens is 529 g/mol. The minimum atomic E-state index is 0. The molecular formula is C22H18Cl4O2Zr. The van der Waals surface area contributed by atoms with Gasteiger partial charge >= 0.3 is 26.2 Å². The van der Waals surface area contributed by atoms with Gasteiger partial charge in [0.05, 0.1) is 10.0 Å². The molecule has 0 aliphatic heterocycles. The molecule has 4 rings (SSSR count). The molecule has 29 heavy (non-hydrogen) atoms. The Morgan fingerprint density at radius 2 is 1.03 bits per heavy atom. The molecule has 150 valence electrons. The van der Waals surface area contributed by atoms with Gasteiger partial charge in [-0.05, 0) is 24.3 Å². The Balaban J connectivity index is 0.000000369. The topological polar surface area (TPSA) is 40.5 Å². The minimum absolute atomic E-state index is 0. The molecule has 2 aliphatic rings.